The Bertz CT molecular complexity index is 570. The van der Waals surface area contributed by atoms with Crippen LogP contribution in [0.4, 0.5) is 0 Å². The summed E-state index contributed by atoms with van der Waals surface area (Å²) in [4.78, 5) is 0. The van der Waals surface area contributed by atoms with E-state index in [0.29, 0.717) is 6.54 Å². The third-order valence-electron chi connectivity index (χ3n) is 3.93. The van der Waals surface area contributed by atoms with Crippen LogP contribution in [0.1, 0.15) is 37.5 Å². The van der Waals surface area contributed by atoms with Gasteiger partial charge in [0.2, 0.25) is 0 Å². The molecule has 0 saturated carbocycles. The quantitative estimate of drug-likeness (QED) is 0.681. The molecule has 0 aliphatic rings. The minimum absolute atomic E-state index is 0. The number of halogens is 1. The fraction of sp³-hybridized carbons (Fsp3) is 0.368. The molecule has 0 bridgehead atoms. The number of aryl methyl sites for hydroxylation is 1. The molecule has 0 aliphatic carbocycles. The van der Waals surface area contributed by atoms with E-state index in [1.807, 2.05) is 6.07 Å². The molecule has 2 aromatic carbocycles. The van der Waals surface area contributed by atoms with Gasteiger partial charge in [-0.25, -0.2) is 0 Å². The van der Waals surface area contributed by atoms with Crippen molar-refractivity contribution in [2.45, 2.75) is 38.3 Å². The van der Waals surface area contributed by atoms with Crippen molar-refractivity contribution in [3.63, 3.8) is 0 Å². The van der Waals surface area contributed by atoms with Gasteiger partial charge in [0.25, 0.3) is 0 Å². The Balaban J connectivity index is 0.00000264. The van der Waals surface area contributed by atoms with Crippen molar-refractivity contribution < 1.29 is 10.2 Å². The van der Waals surface area contributed by atoms with Crippen LogP contribution in [0.25, 0.3) is 0 Å². The topological polar surface area (TPSA) is 52.5 Å². The zero-order valence-electron chi connectivity index (χ0n) is 13.7. The molecular formula is C19H26BrNO2. The Morgan fingerprint density at radius 3 is 2.22 bits per heavy atom. The Labute approximate surface area is 149 Å². The van der Waals surface area contributed by atoms with Crippen molar-refractivity contribution in [3.05, 3.63) is 65.7 Å². The first-order chi connectivity index (χ1) is 10.5. The van der Waals surface area contributed by atoms with Gasteiger partial charge in [-0.2, -0.15) is 0 Å². The molecule has 0 saturated heterocycles. The summed E-state index contributed by atoms with van der Waals surface area (Å²) < 4.78 is 0. The average molecular weight is 380 g/mol. The van der Waals surface area contributed by atoms with Gasteiger partial charge in [0.15, 0.2) is 0 Å². The number of hydrogen-bond acceptors (Lipinski definition) is 3. The number of aromatic hydroxyl groups is 1. The Morgan fingerprint density at radius 2 is 1.61 bits per heavy atom. The highest BCUT2D eigenvalue weighted by atomic mass is 79.9. The van der Waals surface area contributed by atoms with E-state index in [-0.39, 0.29) is 28.3 Å². The second-order valence-corrected chi connectivity index (χ2v) is 6.36. The van der Waals surface area contributed by atoms with Crippen LogP contribution in [-0.2, 0) is 6.42 Å². The van der Waals surface area contributed by atoms with Gasteiger partial charge < -0.3 is 15.5 Å². The predicted molar refractivity (Wildman–Crippen MR) is 100 cm³/mol. The summed E-state index contributed by atoms with van der Waals surface area (Å²) in [6.45, 7) is 4.80. The maximum Gasteiger partial charge on any atom is 0.115 e. The molecule has 0 amide bonds. The average Bonchev–Trinajstić information content (AvgIpc) is 2.53. The summed E-state index contributed by atoms with van der Waals surface area (Å²) >= 11 is 0. The summed E-state index contributed by atoms with van der Waals surface area (Å²) in [5, 5.41) is 22.9. The number of phenols is 1. The van der Waals surface area contributed by atoms with Crippen LogP contribution < -0.4 is 5.32 Å². The van der Waals surface area contributed by atoms with Gasteiger partial charge in [-0.05, 0) is 49.9 Å². The van der Waals surface area contributed by atoms with E-state index in [4.69, 9.17) is 0 Å². The molecule has 0 aliphatic heterocycles. The summed E-state index contributed by atoms with van der Waals surface area (Å²) in [5.41, 5.74) is 2.09. The lowest BCUT2D eigenvalue weighted by Crippen LogP contribution is -2.41. The minimum Gasteiger partial charge on any atom is -0.508 e. The van der Waals surface area contributed by atoms with E-state index in [2.05, 4.69) is 43.4 Å². The van der Waals surface area contributed by atoms with Crippen molar-refractivity contribution in [2.75, 3.05) is 6.54 Å². The molecule has 0 heterocycles. The molecule has 4 heteroatoms. The summed E-state index contributed by atoms with van der Waals surface area (Å²) in [6, 6.07) is 17.1. The molecule has 1 atom stereocenters. The number of β-amino-alcohol motifs (C(OH)–C–C–N with tert-alkyl or cyclic N) is 1. The van der Waals surface area contributed by atoms with Crippen LogP contribution in [0, 0.1) is 0 Å². The number of rotatable bonds is 7. The normalized spacial score (nSPS) is 12.5. The maximum absolute atomic E-state index is 10.2. The third-order valence-corrected chi connectivity index (χ3v) is 3.93. The van der Waals surface area contributed by atoms with Gasteiger partial charge in [0, 0.05) is 12.1 Å². The van der Waals surface area contributed by atoms with Gasteiger partial charge in [-0.1, -0.05) is 42.5 Å². The lowest BCUT2D eigenvalue weighted by Gasteiger charge is -2.28. The van der Waals surface area contributed by atoms with Crippen molar-refractivity contribution >= 4 is 17.0 Å². The second-order valence-electron chi connectivity index (χ2n) is 6.36. The SMILES string of the molecule is Br.CC(C)(CCc1ccccc1)NCC(O)c1ccc(O)cc1. The smallest absolute Gasteiger partial charge is 0.115 e. The van der Waals surface area contributed by atoms with E-state index in [1.165, 1.54) is 5.56 Å². The second kappa shape index (κ2) is 9.06. The fourth-order valence-corrected chi connectivity index (χ4v) is 2.38. The molecule has 2 aromatic rings. The molecule has 2 rings (SSSR count). The monoisotopic (exact) mass is 379 g/mol. The molecule has 0 aromatic heterocycles. The highest BCUT2D eigenvalue weighted by molar-refractivity contribution is 8.93. The lowest BCUT2D eigenvalue weighted by atomic mass is 9.94. The summed E-state index contributed by atoms with van der Waals surface area (Å²) in [7, 11) is 0. The number of benzene rings is 2. The standard InChI is InChI=1S/C19H25NO2.BrH/c1-19(2,13-12-15-6-4-3-5-7-15)20-14-18(22)16-8-10-17(21)11-9-16;/h3-11,18,20-22H,12-14H2,1-2H3;1H. The van der Waals surface area contributed by atoms with E-state index in [1.54, 1.807) is 24.3 Å². The van der Waals surface area contributed by atoms with Crippen molar-refractivity contribution in [3.8, 4) is 5.75 Å². The zero-order chi connectivity index (χ0) is 16.0. The number of hydrogen-bond donors (Lipinski definition) is 3. The van der Waals surface area contributed by atoms with Crippen LogP contribution in [0.3, 0.4) is 0 Å². The van der Waals surface area contributed by atoms with E-state index in [0.717, 1.165) is 18.4 Å². The van der Waals surface area contributed by atoms with Crippen LogP contribution in [0.2, 0.25) is 0 Å². The minimum atomic E-state index is -0.573. The van der Waals surface area contributed by atoms with Crippen molar-refractivity contribution in [1.29, 1.82) is 0 Å². The first-order valence-corrected chi connectivity index (χ1v) is 7.72. The molecule has 3 N–H and O–H groups in total. The van der Waals surface area contributed by atoms with Gasteiger partial charge in [-0.3, -0.25) is 0 Å². The Kier molecular flexibility index (Phi) is 7.76. The van der Waals surface area contributed by atoms with E-state index < -0.39 is 6.10 Å². The predicted octanol–water partition coefficient (Wildman–Crippen LogP) is 4.00. The van der Waals surface area contributed by atoms with Crippen LogP contribution in [0.15, 0.2) is 54.6 Å². The Morgan fingerprint density at radius 1 is 1.00 bits per heavy atom. The third kappa shape index (κ3) is 6.73. The van der Waals surface area contributed by atoms with Gasteiger partial charge in [0.1, 0.15) is 5.75 Å². The number of phenolic OH excluding ortho intramolecular Hbond substituents is 1. The van der Waals surface area contributed by atoms with Crippen LogP contribution >= 0.6 is 17.0 Å². The molecule has 1 unspecified atom stereocenters. The van der Waals surface area contributed by atoms with E-state index >= 15 is 0 Å². The largest absolute Gasteiger partial charge is 0.508 e. The highest BCUT2D eigenvalue weighted by Gasteiger charge is 2.19. The van der Waals surface area contributed by atoms with Crippen LogP contribution in [-0.4, -0.2) is 22.3 Å². The molecule has 3 nitrogen and oxygen atoms in total. The van der Waals surface area contributed by atoms with Crippen LogP contribution in [0.5, 0.6) is 5.75 Å². The van der Waals surface area contributed by atoms with Crippen molar-refractivity contribution in [2.24, 2.45) is 0 Å². The molecular weight excluding hydrogens is 354 g/mol. The first-order valence-electron chi connectivity index (χ1n) is 7.72. The summed E-state index contributed by atoms with van der Waals surface area (Å²) in [5.74, 6) is 0.215. The number of aliphatic hydroxyl groups excluding tert-OH is 1. The Hall–Kier alpha value is -1.36. The fourth-order valence-electron chi connectivity index (χ4n) is 2.38. The molecule has 23 heavy (non-hydrogen) atoms. The summed E-state index contributed by atoms with van der Waals surface area (Å²) in [6.07, 6.45) is 1.44. The van der Waals surface area contributed by atoms with Gasteiger partial charge in [-0.15, -0.1) is 17.0 Å². The molecule has 0 spiro atoms. The van der Waals surface area contributed by atoms with Crippen molar-refractivity contribution in [1.82, 2.24) is 5.32 Å². The first kappa shape index (κ1) is 19.7. The zero-order valence-corrected chi connectivity index (χ0v) is 15.4. The molecule has 126 valence electrons. The maximum atomic E-state index is 10.2. The lowest BCUT2D eigenvalue weighted by molar-refractivity contribution is 0.159. The molecule has 0 fully saturated rings. The molecule has 0 radical (unpaired) electrons. The van der Waals surface area contributed by atoms with Gasteiger partial charge >= 0.3 is 0 Å². The highest BCUT2D eigenvalue weighted by Crippen LogP contribution is 2.18. The number of aliphatic hydroxyl groups is 1. The van der Waals surface area contributed by atoms with E-state index in [9.17, 15) is 10.2 Å². The van der Waals surface area contributed by atoms with Gasteiger partial charge in [0.05, 0.1) is 6.10 Å². The number of nitrogens with one attached hydrogen (secondary N) is 1.